The summed E-state index contributed by atoms with van der Waals surface area (Å²) in [6.45, 7) is 1.81. The fourth-order valence-corrected chi connectivity index (χ4v) is 5.66. The fraction of sp³-hybridized carbons (Fsp3) is 0.250. The normalized spacial score (nSPS) is 12.2. The molecule has 1 N–H and O–H groups in total. The van der Waals surface area contributed by atoms with E-state index in [2.05, 4.69) is 20.6 Å². The van der Waals surface area contributed by atoms with Gasteiger partial charge in [0.25, 0.3) is 5.56 Å². The second kappa shape index (κ2) is 11.8. The van der Waals surface area contributed by atoms with Gasteiger partial charge in [0.2, 0.25) is 12.3 Å². The lowest BCUT2D eigenvalue weighted by Gasteiger charge is -2.20. The number of fused-ring (bicyclic) bond motifs is 1. The molecule has 9 nitrogen and oxygen atoms in total. The molecule has 1 atom stereocenters. The largest absolute Gasteiger partial charge is 0.495 e. The molecule has 5 aromatic rings. The summed E-state index contributed by atoms with van der Waals surface area (Å²) in [6, 6.07) is 10.9. The van der Waals surface area contributed by atoms with Crippen LogP contribution in [0.2, 0.25) is 5.02 Å². The summed E-state index contributed by atoms with van der Waals surface area (Å²) in [7, 11) is 3.27. The number of nitrogens with one attached hydrogen (secondary N) is 1. The van der Waals surface area contributed by atoms with E-state index in [1.54, 1.807) is 28.9 Å². The molecule has 1 unspecified atom stereocenters. The van der Waals surface area contributed by atoms with E-state index in [0.717, 1.165) is 22.2 Å². The lowest BCUT2D eigenvalue weighted by atomic mass is 9.99. The number of carbonyl (C=O) groups is 1. The first-order valence-electron chi connectivity index (χ1n) is 12.6. The summed E-state index contributed by atoms with van der Waals surface area (Å²) in [5.74, 6) is -0.0510. The van der Waals surface area contributed by atoms with Crippen LogP contribution in [0.4, 0.5) is 14.5 Å². The average molecular weight is 599 g/mol. The van der Waals surface area contributed by atoms with Crippen LogP contribution in [-0.2, 0) is 18.3 Å². The van der Waals surface area contributed by atoms with Crippen molar-refractivity contribution in [1.29, 1.82) is 0 Å². The second-order valence-corrected chi connectivity index (χ2v) is 10.8. The van der Waals surface area contributed by atoms with E-state index in [1.807, 2.05) is 32.3 Å². The van der Waals surface area contributed by atoms with E-state index in [1.165, 1.54) is 23.9 Å². The van der Waals surface area contributed by atoms with Gasteiger partial charge in [-0.3, -0.25) is 18.8 Å². The van der Waals surface area contributed by atoms with Crippen molar-refractivity contribution in [2.24, 2.45) is 7.05 Å². The van der Waals surface area contributed by atoms with Gasteiger partial charge in [0.05, 0.1) is 25.2 Å². The molecular formula is C28H25ClF2N6O3S. The molecule has 0 radical (unpaired) electrons. The van der Waals surface area contributed by atoms with E-state index < -0.39 is 24.4 Å². The van der Waals surface area contributed by atoms with Gasteiger partial charge >= 0.3 is 0 Å². The summed E-state index contributed by atoms with van der Waals surface area (Å²) in [5, 5.41) is 17.1. The van der Waals surface area contributed by atoms with Crippen LogP contribution in [0.1, 0.15) is 24.4 Å². The maximum Gasteiger partial charge on any atom is 0.252 e. The van der Waals surface area contributed by atoms with E-state index >= 15 is 0 Å². The first-order valence-corrected chi connectivity index (χ1v) is 13.8. The van der Waals surface area contributed by atoms with Crippen molar-refractivity contribution >= 4 is 45.4 Å². The predicted octanol–water partition coefficient (Wildman–Crippen LogP) is 5.98. The van der Waals surface area contributed by atoms with Crippen molar-refractivity contribution in [2.45, 2.75) is 32.2 Å². The third kappa shape index (κ3) is 5.98. The number of carbonyl (C=O) groups excluding carboxylic acids is 1. The van der Waals surface area contributed by atoms with Gasteiger partial charge in [0.15, 0.2) is 0 Å². The van der Waals surface area contributed by atoms with Gasteiger partial charge in [-0.15, -0.1) is 10.2 Å². The van der Waals surface area contributed by atoms with Crippen LogP contribution in [0.25, 0.3) is 32.6 Å². The van der Waals surface area contributed by atoms with Crippen LogP contribution < -0.4 is 15.6 Å². The number of aryl methyl sites for hydroxylation is 1. The number of anilines is 1. The van der Waals surface area contributed by atoms with Gasteiger partial charge in [-0.1, -0.05) is 29.9 Å². The summed E-state index contributed by atoms with van der Waals surface area (Å²) in [5.41, 5.74) is 2.42. The number of halogens is 3. The first kappa shape index (κ1) is 28.4. The number of ether oxygens (including phenoxy) is 1. The summed E-state index contributed by atoms with van der Waals surface area (Å²) in [4.78, 5) is 26.8. The van der Waals surface area contributed by atoms with Crippen LogP contribution in [0.15, 0.2) is 59.7 Å². The number of rotatable bonds is 9. The quantitative estimate of drug-likeness (QED) is 0.224. The Hall–Kier alpha value is -4.16. The Bertz CT molecular complexity index is 1800. The van der Waals surface area contributed by atoms with Crippen molar-refractivity contribution in [3.05, 3.63) is 75.2 Å². The average Bonchev–Trinajstić information content (AvgIpc) is 3.54. The van der Waals surface area contributed by atoms with Crippen LogP contribution in [0.3, 0.4) is 0 Å². The van der Waals surface area contributed by atoms with Crippen LogP contribution in [0.5, 0.6) is 5.75 Å². The van der Waals surface area contributed by atoms with Crippen LogP contribution >= 0.6 is 22.9 Å². The molecule has 41 heavy (non-hydrogen) atoms. The Morgan fingerprint density at radius 1 is 1.10 bits per heavy atom. The number of pyridine rings is 1. The molecule has 3 heterocycles. The van der Waals surface area contributed by atoms with Gasteiger partial charge in [-0.05, 0) is 48.4 Å². The molecule has 13 heteroatoms. The fourth-order valence-electron chi connectivity index (χ4n) is 4.61. The molecule has 0 bridgehead atoms. The van der Waals surface area contributed by atoms with Gasteiger partial charge in [-0.25, -0.2) is 8.78 Å². The summed E-state index contributed by atoms with van der Waals surface area (Å²) in [6.07, 6.45) is 0.625. The highest BCUT2D eigenvalue weighted by Gasteiger charge is 2.24. The highest BCUT2D eigenvalue weighted by molar-refractivity contribution is 7.14. The molecule has 0 aliphatic heterocycles. The van der Waals surface area contributed by atoms with E-state index in [0.29, 0.717) is 44.6 Å². The minimum Gasteiger partial charge on any atom is -0.495 e. The Labute approximate surface area is 242 Å². The molecule has 212 valence electrons. The smallest absolute Gasteiger partial charge is 0.252 e. The first-order chi connectivity index (χ1) is 19.7. The molecule has 0 spiro atoms. The van der Waals surface area contributed by atoms with Crippen molar-refractivity contribution in [3.63, 3.8) is 0 Å². The predicted molar refractivity (Wildman–Crippen MR) is 155 cm³/mol. The Morgan fingerprint density at radius 3 is 2.63 bits per heavy atom. The third-order valence-electron chi connectivity index (χ3n) is 6.47. The number of nitrogens with zero attached hydrogens (tertiary/aromatic N) is 5. The van der Waals surface area contributed by atoms with Crippen molar-refractivity contribution < 1.29 is 18.3 Å². The van der Waals surface area contributed by atoms with Crippen molar-refractivity contribution in [3.8, 4) is 27.4 Å². The van der Waals surface area contributed by atoms with Crippen molar-refractivity contribution in [2.75, 3.05) is 12.4 Å². The second-order valence-electron chi connectivity index (χ2n) is 9.28. The summed E-state index contributed by atoms with van der Waals surface area (Å²) >= 11 is 7.35. The zero-order chi connectivity index (χ0) is 29.3. The Morgan fingerprint density at radius 2 is 1.90 bits per heavy atom. The summed E-state index contributed by atoms with van der Waals surface area (Å²) < 4.78 is 34.4. The standard InChI is InChI=1S/C28H25ClF2N6O3S/c1-4-22(27(39)32-17-6-8-21-15(9-17)13-36(2)35-21)37-14-23(40-3)20(11-26(37)38)19-10-16(29)5-7-18(19)28-34-33-25(41-28)12-24(30)31/h5-11,13-14,22,24H,4,12H2,1-3H3,(H,32,39). The van der Waals surface area contributed by atoms with E-state index in [-0.39, 0.29) is 10.9 Å². The lowest BCUT2D eigenvalue weighted by molar-refractivity contribution is -0.119. The number of methoxy groups -OCH3 is 1. The third-order valence-corrected chi connectivity index (χ3v) is 7.69. The minimum atomic E-state index is -2.55. The molecule has 0 saturated heterocycles. The molecule has 0 aliphatic carbocycles. The molecular weight excluding hydrogens is 574 g/mol. The Kier molecular flexibility index (Phi) is 8.13. The highest BCUT2D eigenvalue weighted by atomic mass is 35.5. The monoisotopic (exact) mass is 598 g/mol. The molecule has 0 fully saturated rings. The Balaban J connectivity index is 1.50. The zero-order valence-electron chi connectivity index (χ0n) is 22.3. The molecule has 0 aliphatic rings. The molecule has 3 aromatic heterocycles. The van der Waals surface area contributed by atoms with Crippen LogP contribution in [-0.4, -0.2) is 44.0 Å². The number of benzene rings is 2. The highest BCUT2D eigenvalue weighted by Crippen LogP contribution is 2.39. The molecule has 2 aromatic carbocycles. The number of hydrogen-bond donors (Lipinski definition) is 1. The van der Waals surface area contributed by atoms with Gasteiger partial charge < -0.3 is 10.1 Å². The van der Waals surface area contributed by atoms with E-state index in [9.17, 15) is 18.4 Å². The van der Waals surface area contributed by atoms with Gasteiger partial charge in [0, 0.05) is 46.5 Å². The number of hydrogen-bond acceptors (Lipinski definition) is 7. The van der Waals surface area contributed by atoms with Crippen molar-refractivity contribution in [1.82, 2.24) is 24.5 Å². The SMILES string of the molecule is CCC(C(=O)Nc1ccc2nn(C)cc2c1)n1cc(OC)c(-c2cc(Cl)ccc2-c2nnc(CC(F)F)s2)cc1=O. The van der Waals surface area contributed by atoms with Gasteiger partial charge in [0.1, 0.15) is 21.8 Å². The zero-order valence-corrected chi connectivity index (χ0v) is 23.8. The molecule has 1 amide bonds. The maximum absolute atomic E-state index is 13.4. The topological polar surface area (TPSA) is 104 Å². The van der Waals surface area contributed by atoms with E-state index in [4.69, 9.17) is 16.3 Å². The lowest BCUT2D eigenvalue weighted by Crippen LogP contribution is -2.32. The number of aromatic nitrogens is 5. The van der Waals surface area contributed by atoms with Gasteiger partial charge in [-0.2, -0.15) is 5.10 Å². The van der Waals surface area contributed by atoms with Crippen LogP contribution in [0, 0.1) is 0 Å². The maximum atomic E-state index is 13.4. The number of amides is 1. The molecule has 0 saturated carbocycles. The molecule has 5 rings (SSSR count). The number of alkyl halides is 2. The minimum absolute atomic E-state index is 0.192.